The Bertz CT molecular complexity index is 614. The molecular weight excluding hydrogens is 342 g/mol. The molecule has 2 N–H and O–H groups in total. The molecule has 0 saturated carbocycles. The van der Waals surface area contributed by atoms with Gasteiger partial charge in [0.2, 0.25) is 5.91 Å². The molecule has 150 valence electrons. The van der Waals surface area contributed by atoms with Crippen LogP contribution in [0.15, 0.2) is 30.3 Å². The third-order valence-electron chi connectivity index (χ3n) is 5.29. The zero-order valence-electron chi connectivity index (χ0n) is 17.0. The number of likely N-dealkylation sites (N-methyl/N-ethyl adjacent to an activating group) is 1. The van der Waals surface area contributed by atoms with Gasteiger partial charge in [0.15, 0.2) is 0 Å². The van der Waals surface area contributed by atoms with Crippen molar-refractivity contribution in [1.82, 2.24) is 20.4 Å². The van der Waals surface area contributed by atoms with Crippen LogP contribution >= 0.6 is 0 Å². The maximum atomic E-state index is 12.3. The Balaban J connectivity index is 0.000000244. The first-order valence-corrected chi connectivity index (χ1v) is 9.81. The highest BCUT2D eigenvalue weighted by atomic mass is 16.2. The predicted molar refractivity (Wildman–Crippen MR) is 109 cm³/mol. The van der Waals surface area contributed by atoms with Crippen LogP contribution in [0.5, 0.6) is 0 Å². The Morgan fingerprint density at radius 1 is 0.926 bits per heavy atom. The van der Waals surface area contributed by atoms with Crippen molar-refractivity contribution in [3.05, 3.63) is 30.3 Å². The number of hydrogen-bond donors (Lipinski definition) is 2. The van der Waals surface area contributed by atoms with Gasteiger partial charge in [-0.1, -0.05) is 32.0 Å². The van der Waals surface area contributed by atoms with Crippen molar-refractivity contribution in [1.29, 1.82) is 0 Å². The molecule has 0 aromatic heterocycles. The summed E-state index contributed by atoms with van der Waals surface area (Å²) >= 11 is 0. The second-order valence-electron chi connectivity index (χ2n) is 6.92. The predicted octanol–water partition coefficient (Wildman–Crippen LogP) is 1.71. The van der Waals surface area contributed by atoms with Crippen LogP contribution in [0.1, 0.15) is 26.7 Å². The second kappa shape index (κ2) is 9.60. The number of carbonyl (C=O) groups excluding carboxylic acids is 2. The molecule has 7 heteroatoms. The van der Waals surface area contributed by atoms with E-state index < -0.39 is 0 Å². The van der Waals surface area contributed by atoms with E-state index in [2.05, 4.69) is 39.6 Å². The summed E-state index contributed by atoms with van der Waals surface area (Å²) in [7, 11) is 3.90. The minimum atomic E-state index is -0.326. The van der Waals surface area contributed by atoms with Crippen LogP contribution in [0.25, 0.3) is 0 Å². The third-order valence-corrected chi connectivity index (χ3v) is 5.29. The number of carbonyl (C=O) groups is 2. The Morgan fingerprint density at radius 2 is 1.56 bits per heavy atom. The molecule has 3 aliphatic rings. The fourth-order valence-electron chi connectivity index (χ4n) is 3.59. The molecule has 3 fully saturated rings. The topological polar surface area (TPSA) is 67.9 Å². The fourth-order valence-corrected chi connectivity index (χ4v) is 3.59. The van der Waals surface area contributed by atoms with Gasteiger partial charge in [0.05, 0.1) is 6.67 Å². The number of rotatable bonds is 1. The molecule has 0 atom stereocenters. The van der Waals surface area contributed by atoms with Gasteiger partial charge in [0.1, 0.15) is 5.54 Å². The van der Waals surface area contributed by atoms with Gasteiger partial charge in [0.25, 0.3) is 0 Å². The van der Waals surface area contributed by atoms with Crippen LogP contribution in [0.3, 0.4) is 0 Å². The molecule has 27 heavy (non-hydrogen) atoms. The summed E-state index contributed by atoms with van der Waals surface area (Å²) < 4.78 is 0. The number of likely N-dealkylation sites (tertiary alicyclic amines) is 1. The Labute approximate surface area is 162 Å². The molecule has 3 aliphatic heterocycles. The van der Waals surface area contributed by atoms with E-state index in [-0.39, 0.29) is 17.5 Å². The molecule has 0 unspecified atom stereocenters. The summed E-state index contributed by atoms with van der Waals surface area (Å²) in [6, 6.07) is 10.3. The highest BCUT2D eigenvalue weighted by Crippen LogP contribution is 2.35. The van der Waals surface area contributed by atoms with Crippen molar-refractivity contribution in [2.75, 3.05) is 51.8 Å². The maximum Gasteiger partial charge on any atom is 0.317 e. The van der Waals surface area contributed by atoms with Gasteiger partial charge >= 0.3 is 6.03 Å². The van der Waals surface area contributed by atoms with E-state index in [4.69, 9.17) is 0 Å². The number of anilines is 1. The number of benzene rings is 1. The number of urea groups is 1. The number of amides is 3. The standard InChI is InChI=1S/C14H19N3O.C4H8N2O.C2H6/c1-16-9-7-14(8-10-16)13(18)15-11-17(14)12-5-3-2-4-6-12;1-6-3-2-5-4(6)7;1-2/h2-6H,7-11H2,1H3,(H,15,18);2-3H2,1H3,(H,5,7);1-2H3. The molecule has 1 spiro atoms. The lowest BCUT2D eigenvalue weighted by molar-refractivity contribution is -0.125. The maximum absolute atomic E-state index is 12.3. The van der Waals surface area contributed by atoms with Gasteiger partial charge in [0, 0.05) is 38.9 Å². The zero-order valence-corrected chi connectivity index (χ0v) is 17.0. The summed E-state index contributed by atoms with van der Waals surface area (Å²) in [5.41, 5.74) is 0.814. The molecule has 3 heterocycles. The molecule has 4 rings (SSSR count). The first-order chi connectivity index (χ1) is 13.0. The van der Waals surface area contributed by atoms with E-state index in [9.17, 15) is 9.59 Å². The van der Waals surface area contributed by atoms with E-state index in [0.717, 1.165) is 44.7 Å². The van der Waals surface area contributed by atoms with Gasteiger partial charge in [-0.25, -0.2) is 4.79 Å². The molecule has 3 saturated heterocycles. The molecular formula is C20H33N5O2. The Kier molecular flexibility index (Phi) is 7.47. The molecule has 0 bridgehead atoms. The largest absolute Gasteiger partial charge is 0.339 e. The van der Waals surface area contributed by atoms with Crippen LogP contribution in [-0.4, -0.2) is 74.2 Å². The second-order valence-corrected chi connectivity index (χ2v) is 6.92. The van der Waals surface area contributed by atoms with Crippen molar-refractivity contribution < 1.29 is 9.59 Å². The molecule has 0 radical (unpaired) electrons. The van der Waals surface area contributed by atoms with E-state index in [0.29, 0.717) is 6.67 Å². The zero-order chi connectivity index (χ0) is 19.9. The van der Waals surface area contributed by atoms with E-state index >= 15 is 0 Å². The van der Waals surface area contributed by atoms with Gasteiger partial charge < -0.3 is 25.3 Å². The normalized spacial score (nSPS) is 21.0. The molecule has 0 aliphatic carbocycles. The number of para-hydroxylation sites is 1. The van der Waals surface area contributed by atoms with Crippen molar-refractivity contribution >= 4 is 17.6 Å². The first-order valence-electron chi connectivity index (χ1n) is 9.81. The summed E-state index contributed by atoms with van der Waals surface area (Å²) in [6.07, 6.45) is 1.81. The molecule has 1 aromatic carbocycles. The van der Waals surface area contributed by atoms with Gasteiger partial charge in [-0.2, -0.15) is 0 Å². The lowest BCUT2D eigenvalue weighted by atomic mass is 9.86. The van der Waals surface area contributed by atoms with Crippen molar-refractivity contribution in [2.45, 2.75) is 32.2 Å². The van der Waals surface area contributed by atoms with Crippen LogP contribution in [-0.2, 0) is 4.79 Å². The number of nitrogens with zero attached hydrogens (tertiary/aromatic N) is 3. The number of nitrogens with one attached hydrogen (secondary N) is 2. The van der Waals surface area contributed by atoms with E-state index in [1.165, 1.54) is 0 Å². The average Bonchev–Trinajstić information content (AvgIpc) is 3.23. The highest BCUT2D eigenvalue weighted by Gasteiger charge is 2.49. The summed E-state index contributed by atoms with van der Waals surface area (Å²) in [5.74, 6) is 0.194. The monoisotopic (exact) mass is 375 g/mol. The van der Waals surface area contributed by atoms with Gasteiger partial charge in [-0.05, 0) is 32.0 Å². The quantitative estimate of drug-likeness (QED) is 0.784. The Hall–Kier alpha value is -2.28. The van der Waals surface area contributed by atoms with E-state index in [1.807, 2.05) is 32.0 Å². The molecule has 3 amide bonds. The molecule has 1 aromatic rings. The van der Waals surface area contributed by atoms with Crippen molar-refractivity contribution in [3.8, 4) is 0 Å². The van der Waals surface area contributed by atoms with Gasteiger partial charge in [-0.15, -0.1) is 0 Å². The van der Waals surface area contributed by atoms with Crippen molar-refractivity contribution in [3.63, 3.8) is 0 Å². The fraction of sp³-hybridized carbons (Fsp3) is 0.600. The van der Waals surface area contributed by atoms with Crippen molar-refractivity contribution in [2.24, 2.45) is 0 Å². The number of piperidine rings is 1. The lowest BCUT2D eigenvalue weighted by Crippen LogP contribution is -2.55. The SMILES string of the molecule is CC.CN1CCC2(CC1)C(=O)NCN2c1ccccc1.CN1CCNC1=O. The minimum Gasteiger partial charge on any atom is -0.339 e. The Morgan fingerprint density at radius 3 is 2.04 bits per heavy atom. The lowest BCUT2D eigenvalue weighted by Gasteiger charge is -2.42. The van der Waals surface area contributed by atoms with Crippen LogP contribution < -0.4 is 15.5 Å². The highest BCUT2D eigenvalue weighted by molar-refractivity contribution is 5.93. The summed E-state index contributed by atoms with van der Waals surface area (Å²) in [5, 5.41) is 5.67. The smallest absolute Gasteiger partial charge is 0.317 e. The van der Waals surface area contributed by atoms with E-state index in [1.54, 1.807) is 11.9 Å². The minimum absolute atomic E-state index is 0.0417. The van der Waals surface area contributed by atoms with Gasteiger partial charge in [-0.3, -0.25) is 4.79 Å². The summed E-state index contributed by atoms with van der Waals surface area (Å²) in [6.45, 7) is 8.24. The first kappa shape index (κ1) is 21.0. The van der Waals surface area contributed by atoms with Crippen LogP contribution in [0.2, 0.25) is 0 Å². The average molecular weight is 376 g/mol. The number of hydrogen-bond acceptors (Lipinski definition) is 4. The third kappa shape index (κ3) is 4.71. The molecule has 7 nitrogen and oxygen atoms in total. The summed E-state index contributed by atoms with van der Waals surface area (Å²) in [4.78, 5) is 28.8. The van der Waals surface area contributed by atoms with Crippen LogP contribution in [0.4, 0.5) is 10.5 Å². The van der Waals surface area contributed by atoms with Crippen LogP contribution in [0, 0.1) is 0 Å².